The zero-order valence-electron chi connectivity index (χ0n) is 17.0. The summed E-state index contributed by atoms with van der Waals surface area (Å²) in [7, 11) is 0. The molecule has 0 N–H and O–H groups in total. The zero-order chi connectivity index (χ0) is 19.9. The van der Waals surface area contributed by atoms with Gasteiger partial charge in [0.1, 0.15) is 0 Å². The first-order chi connectivity index (χ1) is 13.7. The molecule has 4 heteroatoms. The molecule has 4 nitrogen and oxygen atoms in total. The van der Waals surface area contributed by atoms with Crippen molar-refractivity contribution in [3.63, 3.8) is 0 Å². The highest BCUT2D eigenvalue weighted by molar-refractivity contribution is 6.07. The van der Waals surface area contributed by atoms with Crippen LogP contribution in [0, 0.1) is 0 Å². The highest BCUT2D eigenvalue weighted by Gasteiger charge is 2.27. The zero-order valence-corrected chi connectivity index (χ0v) is 17.0. The molecule has 150 valence electrons. The lowest BCUT2D eigenvalue weighted by Gasteiger charge is -2.21. The van der Waals surface area contributed by atoms with Crippen LogP contribution in [0.3, 0.4) is 0 Å². The van der Waals surface area contributed by atoms with Crippen LogP contribution in [-0.2, 0) is 9.47 Å². The van der Waals surface area contributed by atoms with Crippen LogP contribution >= 0.6 is 0 Å². The molecule has 1 aromatic carbocycles. The third kappa shape index (κ3) is 4.54. The Labute approximate surface area is 167 Å². The third-order valence-corrected chi connectivity index (χ3v) is 5.41. The molecule has 0 unspecified atom stereocenters. The van der Waals surface area contributed by atoms with E-state index in [-0.39, 0.29) is 13.2 Å². The van der Waals surface area contributed by atoms with E-state index in [9.17, 15) is 9.59 Å². The fourth-order valence-electron chi connectivity index (χ4n) is 4.06. The van der Waals surface area contributed by atoms with Crippen LogP contribution < -0.4 is 0 Å². The largest absolute Gasteiger partial charge is 0.462 e. The fraction of sp³-hybridized carbons (Fsp3) is 0.500. The lowest BCUT2D eigenvalue weighted by Crippen LogP contribution is -2.17. The van der Waals surface area contributed by atoms with E-state index < -0.39 is 11.9 Å². The summed E-state index contributed by atoms with van der Waals surface area (Å²) in [6.45, 7) is 4.10. The number of carbonyl (C=O) groups is 2. The number of hydrogen-bond donors (Lipinski definition) is 0. The van der Waals surface area contributed by atoms with Crippen molar-refractivity contribution in [2.24, 2.45) is 0 Å². The van der Waals surface area contributed by atoms with Crippen molar-refractivity contribution in [3.8, 4) is 0 Å². The molecule has 0 spiro atoms. The number of esters is 2. The molecule has 0 aliphatic heterocycles. The Kier molecular flexibility index (Phi) is 7.07. The van der Waals surface area contributed by atoms with Crippen LogP contribution in [0.25, 0.3) is 11.1 Å². The van der Waals surface area contributed by atoms with Gasteiger partial charge in [0.2, 0.25) is 0 Å². The van der Waals surface area contributed by atoms with Crippen LogP contribution in [0.15, 0.2) is 24.3 Å². The topological polar surface area (TPSA) is 52.6 Å². The molecule has 0 aromatic heterocycles. The quantitative estimate of drug-likeness (QED) is 0.570. The van der Waals surface area contributed by atoms with Gasteiger partial charge in [-0.3, -0.25) is 0 Å². The molecule has 0 radical (unpaired) electrons. The van der Waals surface area contributed by atoms with Crippen molar-refractivity contribution in [2.45, 2.75) is 65.2 Å². The Hall–Kier alpha value is -2.36. The van der Waals surface area contributed by atoms with E-state index in [0.29, 0.717) is 11.1 Å². The summed E-state index contributed by atoms with van der Waals surface area (Å²) in [6.07, 6.45) is 13.0. The standard InChI is InChI=1S/C24H30O4/c1-3-27-23(25)21-16-19(17-11-7-5-8-12-17)15-20(18-13-9-6-10-14-18)22(21)24(26)28-4-2/h11,13,15-16H,3-10,12,14H2,1-2H3. The van der Waals surface area contributed by atoms with Gasteiger partial charge in [0, 0.05) is 0 Å². The number of allylic oxidation sites excluding steroid dienone is 4. The molecule has 28 heavy (non-hydrogen) atoms. The second kappa shape index (κ2) is 9.72. The maximum Gasteiger partial charge on any atom is 0.339 e. The summed E-state index contributed by atoms with van der Waals surface area (Å²) in [5, 5.41) is 0. The number of ether oxygens (including phenoxy) is 2. The van der Waals surface area contributed by atoms with Crippen LogP contribution in [-0.4, -0.2) is 25.2 Å². The molecule has 0 saturated carbocycles. The van der Waals surface area contributed by atoms with Crippen LogP contribution in [0.2, 0.25) is 0 Å². The SMILES string of the molecule is CCOC(=O)c1cc(C2=CCCCC2)cc(C2=CCCCC2)c1C(=O)OCC. The van der Waals surface area contributed by atoms with Gasteiger partial charge in [-0.1, -0.05) is 12.2 Å². The first kappa shape index (κ1) is 20.4. The lowest BCUT2D eigenvalue weighted by atomic mass is 9.84. The Balaban J connectivity index is 2.20. The molecule has 0 fully saturated rings. The average molecular weight is 383 g/mol. The van der Waals surface area contributed by atoms with Gasteiger partial charge >= 0.3 is 11.9 Å². The Bertz CT molecular complexity index is 801. The smallest absolute Gasteiger partial charge is 0.339 e. The summed E-state index contributed by atoms with van der Waals surface area (Å²) in [5.41, 5.74) is 4.93. The van der Waals surface area contributed by atoms with Crippen molar-refractivity contribution in [1.29, 1.82) is 0 Å². The second-order valence-corrected chi connectivity index (χ2v) is 7.34. The van der Waals surface area contributed by atoms with Gasteiger partial charge in [-0.15, -0.1) is 0 Å². The van der Waals surface area contributed by atoms with Gasteiger partial charge in [-0.05, 0) is 99.6 Å². The Morgan fingerprint density at radius 2 is 1.43 bits per heavy atom. The van der Waals surface area contributed by atoms with Gasteiger partial charge in [0.05, 0.1) is 24.3 Å². The van der Waals surface area contributed by atoms with Crippen molar-refractivity contribution >= 4 is 23.1 Å². The number of benzene rings is 1. The Morgan fingerprint density at radius 1 is 0.821 bits per heavy atom. The van der Waals surface area contributed by atoms with Crippen LogP contribution in [0.4, 0.5) is 0 Å². The van der Waals surface area contributed by atoms with Gasteiger partial charge in [0.25, 0.3) is 0 Å². The van der Waals surface area contributed by atoms with Crippen molar-refractivity contribution in [2.75, 3.05) is 13.2 Å². The minimum atomic E-state index is -0.457. The van der Waals surface area contributed by atoms with Crippen molar-refractivity contribution in [1.82, 2.24) is 0 Å². The molecule has 0 saturated heterocycles. The molecule has 1 aromatic rings. The fourth-order valence-corrected chi connectivity index (χ4v) is 4.06. The predicted molar refractivity (Wildman–Crippen MR) is 111 cm³/mol. The molecular weight excluding hydrogens is 352 g/mol. The first-order valence-corrected chi connectivity index (χ1v) is 10.6. The molecule has 2 aliphatic rings. The summed E-state index contributed by atoms with van der Waals surface area (Å²) in [4.78, 5) is 25.6. The molecule has 3 rings (SSSR count). The van der Waals surface area contributed by atoms with Gasteiger partial charge < -0.3 is 9.47 Å². The summed E-state index contributed by atoms with van der Waals surface area (Å²) >= 11 is 0. The predicted octanol–water partition coefficient (Wildman–Crippen LogP) is 5.95. The maximum atomic E-state index is 12.9. The average Bonchev–Trinajstić information content (AvgIpc) is 2.74. The van der Waals surface area contributed by atoms with Crippen molar-refractivity contribution < 1.29 is 19.1 Å². The number of hydrogen-bond acceptors (Lipinski definition) is 4. The summed E-state index contributed by atoms with van der Waals surface area (Å²) < 4.78 is 10.6. The van der Waals surface area contributed by atoms with E-state index in [0.717, 1.165) is 61.6 Å². The molecule has 0 heterocycles. The van der Waals surface area contributed by atoms with Crippen LogP contribution in [0.5, 0.6) is 0 Å². The monoisotopic (exact) mass is 382 g/mol. The normalized spacial score (nSPS) is 16.8. The summed E-state index contributed by atoms with van der Waals surface area (Å²) in [5.74, 6) is -0.905. The lowest BCUT2D eigenvalue weighted by molar-refractivity contribution is 0.0478. The maximum absolute atomic E-state index is 12.9. The second-order valence-electron chi connectivity index (χ2n) is 7.34. The van der Waals surface area contributed by atoms with E-state index in [4.69, 9.17) is 9.47 Å². The highest BCUT2D eigenvalue weighted by Crippen LogP contribution is 2.36. The van der Waals surface area contributed by atoms with Gasteiger partial charge in [-0.2, -0.15) is 0 Å². The van der Waals surface area contributed by atoms with Gasteiger partial charge in [0.15, 0.2) is 0 Å². The summed E-state index contributed by atoms with van der Waals surface area (Å²) in [6, 6.07) is 3.91. The number of carbonyl (C=O) groups excluding carboxylic acids is 2. The van der Waals surface area contributed by atoms with E-state index in [2.05, 4.69) is 18.2 Å². The van der Waals surface area contributed by atoms with E-state index >= 15 is 0 Å². The highest BCUT2D eigenvalue weighted by atomic mass is 16.5. The van der Waals surface area contributed by atoms with E-state index in [1.165, 1.54) is 12.0 Å². The minimum Gasteiger partial charge on any atom is -0.462 e. The molecule has 0 amide bonds. The molecule has 0 atom stereocenters. The van der Waals surface area contributed by atoms with Crippen molar-refractivity contribution in [3.05, 3.63) is 46.5 Å². The molecule has 0 bridgehead atoms. The third-order valence-electron chi connectivity index (χ3n) is 5.41. The first-order valence-electron chi connectivity index (χ1n) is 10.6. The van der Waals surface area contributed by atoms with Gasteiger partial charge in [-0.25, -0.2) is 9.59 Å². The molecular formula is C24H30O4. The Morgan fingerprint density at radius 3 is 2.00 bits per heavy atom. The van der Waals surface area contributed by atoms with E-state index in [1.807, 2.05) is 6.07 Å². The molecule has 2 aliphatic carbocycles. The minimum absolute atomic E-state index is 0.270. The van der Waals surface area contributed by atoms with E-state index in [1.54, 1.807) is 13.8 Å². The number of rotatable bonds is 6. The van der Waals surface area contributed by atoms with Crippen LogP contribution in [0.1, 0.15) is 97.1 Å².